The smallest absolute Gasteiger partial charge is 0.0548 e. The van der Waals surface area contributed by atoms with Crippen LogP contribution in [0.4, 0.5) is 0 Å². The first-order valence-electron chi connectivity index (χ1n) is 5.51. The monoisotopic (exact) mass is 435 g/mol. The molecule has 0 fully saturated rings. The summed E-state index contributed by atoms with van der Waals surface area (Å²) >= 11 is 11.7. The predicted molar refractivity (Wildman–Crippen MR) is 88.9 cm³/mol. The molecule has 0 saturated carbocycles. The predicted octanol–water partition coefficient (Wildman–Crippen LogP) is 4.95. The molecule has 0 aliphatic heterocycles. The van der Waals surface area contributed by atoms with Crippen LogP contribution in [-0.2, 0) is 6.42 Å². The van der Waals surface area contributed by atoms with Gasteiger partial charge in [0.2, 0.25) is 0 Å². The van der Waals surface area contributed by atoms with Gasteiger partial charge in [-0.2, -0.15) is 0 Å². The van der Waals surface area contributed by atoms with Crippen LogP contribution in [0, 0.1) is 3.57 Å². The molecule has 0 spiro atoms. The summed E-state index contributed by atoms with van der Waals surface area (Å²) in [6.45, 7) is 0. The summed E-state index contributed by atoms with van der Waals surface area (Å²) in [6.07, 6.45) is 0.824. The van der Waals surface area contributed by atoms with Crippen molar-refractivity contribution in [2.24, 2.45) is 5.73 Å². The van der Waals surface area contributed by atoms with E-state index in [0.29, 0.717) is 5.02 Å². The maximum Gasteiger partial charge on any atom is 0.0548 e. The average molecular weight is 437 g/mol. The van der Waals surface area contributed by atoms with Crippen LogP contribution in [-0.4, -0.2) is 0 Å². The van der Waals surface area contributed by atoms with Gasteiger partial charge in [-0.25, -0.2) is 0 Å². The summed E-state index contributed by atoms with van der Waals surface area (Å²) in [6, 6.07) is 14.2. The van der Waals surface area contributed by atoms with Crippen molar-refractivity contribution in [3.63, 3.8) is 0 Å². The fourth-order valence-corrected chi connectivity index (χ4v) is 2.61. The lowest BCUT2D eigenvalue weighted by atomic mass is 10.00. The lowest BCUT2D eigenvalue weighted by molar-refractivity contribution is 0.721. The van der Waals surface area contributed by atoms with Crippen molar-refractivity contribution in [2.75, 3.05) is 0 Å². The Morgan fingerprint density at radius 1 is 1.17 bits per heavy atom. The zero-order chi connectivity index (χ0) is 13.1. The summed E-state index contributed by atoms with van der Waals surface area (Å²) in [5.74, 6) is 0. The number of hydrogen-bond donors (Lipinski definition) is 1. The number of nitrogens with two attached hydrogens (primary N) is 1. The molecule has 94 valence electrons. The molecule has 0 aliphatic rings. The second kappa shape index (κ2) is 6.37. The zero-order valence-corrected chi connectivity index (χ0v) is 14.0. The third-order valence-electron chi connectivity index (χ3n) is 2.74. The van der Waals surface area contributed by atoms with Crippen LogP contribution in [0.5, 0.6) is 0 Å². The Kier molecular flexibility index (Phi) is 5.06. The van der Waals surface area contributed by atoms with Gasteiger partial charge in [-0.15, -0.1) is 0 Å². The second-order valence-electron chi connectivity index (χ2n) is 4.11. The molecule has 0 radical (unpaired) electrons. The molecule has 1 unspecified atom stereocenters. The maximum atomic E-state index is 6.22. The first-order valence-corrected chi connectivity index (χ1v) is 7.76. The normalized spacial score (nSPS) is 12.4. The van der Waals surface area contributed by atoms with Crippen LogP contribution < -0.4 is 5.73 Å². The Balaban J connectivity index is 2.13. The number of rotatable bonds is 3. The van der Waals surface area contributed by atoms with Crippen molar-refractivity contribution in [1.82, 2.24) is 0 Å². The van der Waals surface area contributed by atoms with Crippen LogP contribution in [0.1, 0.15) is 17.2 Å². The Bertz CT molecular complexity index is 542. The minimum absolute atomic E-state index is 0.0152. The second-order valence-corrected chi connectivity index (χ2v) is 6.62. The van der Waals surface area contributed by atoms with Gasteiger partial charge in [0, 0.05) is 14.1 Å². The minimum atomic E-state index is -0.0152. The van der Waals surface area contributed by atoms with Crippen LogP contribution in [0.3, 0.4) is 0 Å². The van der Waals surface area contributed by atoms with E-state index in [1.54, 1.807) is 0 Å². The largest absolute Gasteiger partial charge is 0.324 e. The van der Waals surface area contributed by atoms with E-state index in [9.17, 15) is 0 Å². The molecule has 2 N–H and O–H groups in total. The van der Waals surface area contributed by atoms with Gasteiger partial charge in [0.25, 0.3) is 0 Å². The molecule has 0 heterocycles. The van der Waals surface area contributed by atoms with Crippen molar-refractivity contribution >= 4 is 50.1 Å². The van der Waals surface area contributed by atoms with E-state index in [2.05, 4.69) is 62.8 Å². The highest BCUT2D eigenvalue weighted by Crippen LogP contribution is 2.26. The van der Waals surface area contributed by atoms with E-state index in [4.69, 9.17) is 17.3 Å². The molecule has 2 aromatic rings. The quantitative estimate of drug-likeness (QED) is 0.677. The highest BCUT2D eigenvalue weighted by molar-refractivity contribution is 14.1. The summed E-state index contributed by atoms with van der Waals surface area (Å²) in [4.78, 5) is 0. The number of hydrogen-bond acceptors (Lipinski definition) is 1. The molecule has 0 amide bonds. The molecule has 18 heavy (non-hydrogen) atoms. The molecular formula is C14H12BrClIN. The first kappa shape index (κ1) is 14.3. The molecule has 2 rings (SSSR count). The third-order valence-corrected chi connectivity index (χ3v) is 4.67. The molecule has 1 nitrogen and oxygen atoms in total. The van der Waals surface area contributed by atoms with E-state index in [1.165, 1.54) is 9.13 Å². The summed E-state index contributed by atoms with van der Waals surface area (Å²) < 4.78 is 2.12. The van der Waals surface area contributed by atoms with Crippen LogP contribution in [0.25, 0.3) is 0 Å². The molecule has 0 bridgehead atoms. The molecular weight excluding hydrogens is 424 g/mol. The van der Waals surface area contributed by atoms with Gasteiger partial charge in [0.1, 0.15) is 0 Å². The standard InChI is InChI=1S/C14H12BrClIN/c15-12-8-10(3-6-13(12)16)14(18)7-9-1-4-11(17)5-2-9/h1-6,8,14H,7,18H2. The van der Waals surface area contributed by atoms with E-state index in [0.717, 1.165) is 16.5 Å². The Morgan fingerprint density at radius 3 is 2.44 bits per heavy atom. The number of benzene rings is 2. The van der Waals surface area contributed by atoms with E-state index in [1.807, 2.05) is 18.2 Å². The van der Waals surface area contributed by atoms with Crippen molar-refractivity contribution in [1.29, 1.82) is 0 Å². The van der Waals surface area contributed by atoms with Gasteiger partial charge in [-0.05, 0) is 80.3 Å². The van der Waals surface area contributed by atoms with Gasteiger partial charge < -0.3 is 5.73 Å². The Labute approximate surface area is 134 Å². The SMILES string of the molecule is NC(Cc1ccc(I)cc1)c1ccc(Cl)c(Br)c1. The summed E-state index contributed by atoms with van der Waals surface area (Å²) in [7, 11) is 0. The van der Waals surface area contributed by atoms with Crippen molar-refractivity contribution < 1.29 is 0 Å². The lowest BCUT2D eigenvalue weighted by Gasteiger charge is -2.13. The minimum Gasteiger partial charge on any atom is -0.324 e. The summed E-state index contributed by atoms with van der Waals surface area (Å²) in [5, 5.41) is 0.709. The van der Waals surface area contributed by atoms with Gasteiger partial charge in [0.15, 0.2) is 0 Å². The van der Waals surface area contributed by atoms with Crippen LogP contribution in [0.15, 0.2) is 46.9 Å². The van der Waals surface area contributed by atoms with Gasteiger partial charge in [-0.1, -0.05) is 29.8 Å². The highest BCUT2D eigenvalue weighted by Gasteiger charge is 2.09. The van der Waals surface area contributed by atoms with E-state index >= 15 is 0 Å². The van der Waals surface area contributed by atoms with Crippen molar-refractivity contribution in [3.05, 3.63) is 66.7 Å². The van der Waals surface area contributed by atoms with Gasteiger partial charge >= 0.3 is 0 Å². The number of halogens is 3. The topological polar surface area (TPSA) is 26.0 Å². The van der Waals surface area contributed by atoms with Crippen LogP contribution >= 0.6 is 50.1 Å². The lowest BCUT2D eigenvalue weighted by Crippen LogP contribution is -2.13. The first-order chi connectivity index (χ1) is 8.56. The van der Waals surface area contributed by atoms with Gasteiger partial charge in [0.05, 0.1) is 5.02 Å². The molecule has 0 aliphatic carbocycles. The van der Waals surface area contributed by atoms with Gasteiger partial charge in [-0.3, -0.25) is 0 Å². The Hall–Kier alpha value is -0.100. The molecule has 2 aromatic carbocycles. The maximum absolute atomic E-state index is 6.22. The zero-order valence-electron chi connectivity index (χ0n) is 9.54. The summed E-state index contributed by atoms with van der Waals surface area (Å²) in [5.41, 5.74) is 8.55. The van der Waals surface area contributed by atoms with E-state index < -0.39 is 0 Å². The average Bonchev–Trinajstić information content (AvgIpc) is 2.35. The van der Waals surface area contributed by atoms with Crippen molar-refractivity contribution in [2.45, 2.75) is 12.5 Å². The van der Waals surface area contributed by atoms with Crippen LogP contribution in [0.2, 0.25) is 5.02 Å². The third kappa shape index (κ3) is 3.70. The highest BCUT2D eigenvalue weighted by atomic mass is 127. The van der Waals surface area contributed by atoms with E-state index in [-0.39, 0.29) is 6.04 Å². The Morgan fingerprint density at radius 2 is 1.83 bits per heavy atom. The molecule has 4 heteroatoms. The fraction of sp³-hybridized carbons (Fsp3) is 0.143. The fourth-order valence-electron chi connectivity index (χ4n) is 1.74. The van der Waals surface area contributed by atoms with Crippen molar-refractivity contribution in [3.8, 4) is 0 Å². The molecule has 0 saturated heterocycles. The molecule has 0 aromatic heterocycles. The molecule has 1 atom stereocenters.